The molecule has 188 valence electrons. The largest absolute Gasteiger partial charge is 0.423 e. The molecular weight excluding hydrogens is 464 g/mol. The van der Waals surface area contributed by atoms with Gasteiger partial charge in [0.2, 0.25) is 0 Å². The van der Waals surface area contributed by atoms with Gasteiger partial charge in [-0.1, -0.05) is 69.7 Å². The van der Waals surface area contributed by atoms with Gasteiger partial charge in [0.15, 0.2) is 0 Å². The number of nitriles is 1. The Hall–Kier alpha value is -4.24. The van der Waals surface area contributed by atoms with Crippen molar-refractivity contribution in [2.75, 3.05) is 6.54 Å². The summed E-state index contributed by atoms with van der Waals surface area (Å²) in [5, 5.41) is 8.94. The van der Waals surface area contributed by atoms with Crippen LogP contribution in [0.2, 0.25) is 0 Å². The highest BCUT2D eigenvalue weighted by atomic mass is 16.5. The van der Waals surface area contributed by atoms with E-state index in [1.165, 1.54) is 48.8 Å². The Kier molecular flexibility index (Phi) is 8.48. The number of carbonyl (C=O) groups excluding carboxylic acids is 3. The second kappa shape index (κ2) is 12.1. The van der Waals surface area contributed by atoms with Crippen molar-refractivity contribution in [3.05, 3.63) is 89.0 Å². The molecular formula is C31H30N2O4. The van der Waals surface area contributed by atoms with Crippen LogP contribution in [-0.2, 0) is 0 Å². The first-order chi connectivity index (χ1) is 18.0. The molecule has 0 fully saturated rings. The van der Waals surface area contributed by atoms with E-state index in [4.69, 9.17) is 10.00 Å². The van der Waals surface area contributed by atoms with Crippen molar-refractivity contribution < 1.29 is 19.1 Å². The van der Waals surface area contributed by atoms with Gasteiger partial charge in [0.1, 0.15) is 5.75 Å². The van der Waals surface area contributed by atoms with Crippen molar-refractivity contribution in [2.45, 2.75) is 51.9 Å². The lowest BCUT2D eigenvalue weighted by Crippen LogP contribution is -2.30. The van der Waals surface area contributed by atoms with Crippen molar-refractivity contribution in [1.82, 2.24) is 4.90 Å². The SMILES string of the molecule is CCCCCCCCCN1C(=O)c2ccc(C(=O)Oc3ccc(-c4ccc(C#N)cc4)cc3)cc2C1=O. The number of carbonyl (C=O) groups is 3. The highest BCUT2D eigenvalue weighted by Gasteiger charge is 2.35. The molecule has 37 heavy (non-hydrogen) atoms. The molecule has 0 atom stereocenters. The predicted molar refractivity (Wildman–Crippen MR) is 141 cm³/mol. The number of hydrogen-bond acceptors (Lipinski definition) is 5. The van der Waals surface area contributed by atoms with Crippen molar-refractivity contribution in [3.63, 3.8) is 0 Å². The zero-order valence-corrected chi connectivity index (χ0v) is 21.0. The van der Waals surface area contributed by atoms with E-state index in [1.54, 1.807) is 24.3 Å². The van der Waals surface area contributed by atoms with Gasteiger partial charge in [-0.2, -0.15) is 5.26 Å². The Morgan fingerprint density at radius 1 is 0.784 bits per heavy atom. The minimum atomic E-state index is -0.597. The van der Waals surface area contributed by atoms with Crippen LogP contribution < -0.4 is 4.74 Å². The number of ether oxygens (including phenoxy) is 1. The van der Waals surface area contributed by atoms with E-state index in [-0.39, 0.29) is 22.9 Å². The summed E-state index contributed by atoms with van der Waals surface area (Å²) in [6, 6.07) is 20.9. The summed E-state index contributed by atoms with van der Waals surface area (Å²) in [7, 11) is 0. The molecule has 3 aromatic carbocycles. The van der Waals surface area contributed by atoms with Gasteiger partial charge >= 0.3 is 5.97 Å². The van der Waals surface area contributed by atoms with E-state index in [1.807, 2.05) is 24.3 Å². The van der Waals surface area contributed by atoms with E-state index in [0.29, 0.717) is 23.4 Å². The lowest BCUT2D eigenvalue weighted by atomic mass is 10.0. The monoisotopic (exact) mass is 494 g/mol. The Bertz CT molecular complexity index is 1320. The Balaban J connectivity index is 1.35. The van der Waals surface area contributed by atoms with Crippen LogP contribution in [0.25, 0.3) is 11.1 Å². The lowest BCUT2D eigenvalue weighted by Gasteiger charge is -2.13. The summed E-state index contributed by atoms with van der Waals surface area (Å²) in [5.41, 5.74) is 3.25. The Labute approximate surface area is 217 Å². The number of hydrogen-bond donors (Lipinski definition) is 0. The molecule has 4 rings (SSSR count). The zero-order chi connectivity index (χ0) is 26.2. The first kappa shape index (κ1) is 25.8. The second-order valence-corrected chi connectivity index (χ2v) is 9.25. The van der Waals surface area contributed by atoms with Gasteiger partial charge in [0, 0.05) is 6.54 Å². The third-order valence-corrected chi connectivity index (χ3v) is 6.60. The number of unbranched alkanes of at least 4 members (excludes halogenated alkanes) is 6. The number of benzene rings is 3. The molecule has 0 saturated heterocycles. The average Bonchev–Trinajstić information content (AvgIpc) is 3.17. The molecule has 0 aliphatic carbocycles. The van der Waals surface area contributed by atoms with Gasteiger partial charge in [-0.15, -0.1) is 0 Å². The molecule has 2 amide bonds. The maximum absolute atomic E-state index is 12.9. The van der Waals surface area contributed by atoms with E-state index in [2.05, 4.69) is 13.0 Å². The molecule has 0 saturated carbocycles. The number of esters is 1. The van der Waals surface area contributed by atoms with Gasteiger partial charge in [0.05, 0.1) is 28.3 Å². The van der Waals surface area contributed by atoms with E-state index >= 15 is 0 Å². The summed E-state index contributed by atoms with van der Waals surface area (Å²) >= 11 is 0. The molecule has 0 spiro atoms. The van der Waals surface area contributed by atoms with Gasteiger partial charge in [-0.05, 0) is 60.0 Å². The van der Waals surface area contributed by atoms with Crippen LogP contribution >= 0.6 is 0 Å². The van der Waals surface area contributed by atoms with Crippen molar-refractivity contribution >= 4 is 17.8 Å². The molecule has 0 radical (unpaired) electrons. The fraction of sp³-hybridized carbons (Fsp3) is 0.290. The van der Waals surface area contributed by atoms with Crippen LogP contribution in [0.15, 0.2) is 66.7 Å². The van der Waals surface area contributed by atoms with E-state index in [0.717, 1.165) is 30.4 Å². The minimum absolute atomic E-state index is 0.217. The van der Waals surface area contributed by atoms with Gasteiger partial charge < -0.3 is 4.74 Å². The fourth-order valence-electron chi connectivity index (χ4n) is 4.47. The van der Waals surface area contributed by atoms with Crippen molar-refractivity contribution in [2.24, 2.45) is 0 Å². The molecule has 1 aliphatic heterocycles. The first-order valence-corrected chi connectivity index (χ1v) is 12.8. The molecule has 1 heterocycles. The summed E-state index contributed by atoms with van der Waals surface area (Å²) in [5.74, 6) is -0.887. The highest BCUT2D eigenvalue weighted by Crippen LogP contribution is 2.26. The van der Waals surface area contributed by atoms with Crippen LogP contribution in [-0.4, -0.2) is 29.2 Å². The number of nitrogens with zero attached hydrogens (tertiary/aromatic N) is 2. The molecule has 3 aromatic rings. The van der Waals surface area contributed by atoms with Gasteiger partial charge in [-0.25, -0.2) is 4.79 Å². The molecule has 1 aliphatic rings. The van der Waals surface area contributed by atoms with E-state index < -0.39 is 5.97 Å². The summed E-state index contributed by atoms with van der Waals surface area (Å²) in [4.78, 5) is 39.7. The number of amides is 2. The maximum Gasteiger partial charge on any atom is 0.343 e. The van der Waals surface area contributed by atoms with Gasteiger partial charge in [-0.3, -0.25) is 14.5 Å². The average molecular weight is 495 g/mol. The van der Waals surface area contributed by atoms with Crippen molar-refractivity contribution in [3.8, 4) is 22.9 Å². The lowest BCUT2D eigenvalue weighted by molar-refractivity contribution is 0.0650. The van der Waals surface area contributed by atoms with Gasteiger partial charge in [0.25, 0.3) is 11.8 Å². The van der Waals surface area contributed by atoms with Crippen LogP contribution in [0, 0.1) is 11.3 Å². The summed E-state index contributed by atoms with van der Waals surface area (Å²) in [6.07, 6.45) is 7.73. The molecule has 0 N–H and O–H groups in total. The standard InChI is InChI=1S/C31H30N2O4/c1-2-3-4-5-6-7-8-19-33-29(34)27-18-15-25(20-28(27)30(33)35)31(36)37-26-16-13-24(14-17-26)23-11-9-22(21-32)10-12-23/h9-18,20H,2-8,19H2,1H3. The predicted octanol–water partition coefficient (Wildman–Crippen LogP) is 6.79. The molecule has 0 aromatic heterocycles. The molecule has 6 nitrogen and oxygen atoms in total. The maximum atomic E-state index is 12.9. The zero-order valence-electron chi connectivity index (χ0n) is 21.0. The first-order valence-electron chi connectivity index (χ1n) is 12.8. The smallest absolute Gasteiger partial charge is 0.343 e. The van der Waals surface area contributed by atoms with Crippen LogP contribution in [0.3, 0.4) is 0 Å². The highest BCUT2D eigenvalue weighted by molar-refractivity contribution is 6.22. The Morgan fingerprint density at radius 3 is 2.03 bits per heavy atom. The minimum Gasteiger partial charge on any atom is -0.423 e. The second-order valence-electron chi connectivity index (χ2n) is 9.25. The number of imide groups is 1. The van der Waals surface area contributed by atoms with Crippen molar-refractivity contribution in [1.29, 1.82) is 5.26 Å². The van der Waals surface area contributed by atoms with Crippen LogP contribution in [0.1, 0.15) is 88.5 Å². The topological polar surface area (TPSA) is 87.5 Å². The molecule has 6 heteroatoms. The normalized spacial score (nSPS) is 12.4. The van der Waals surface area contributed by atoms with E-state index in [9.17, 15) is 14.4 Å². The quantitative estimate of drug-likeness (QED) is 0.127. The fourth-order valence-corrected chi connectivity index (χ4v) is 4.47. The molecule has 0 unspecified atom stereocenters. The van der Waals surface area contributed by atoms with Crippen LogP contribution in [0.5, 0.6) is 5.75 Å². The number of fused-ring (bicyclic) bond motifs is 1. The summed E-state index contributed by atoms with van der Waals surface area (Å²) < 4.78 is 5.50. The third-order valence-electron chi connectivity index (χ3n) is 6.60. The third kappa shape index (κ3) is 6.13. The summed E-state index contributed by atoms with van der Waals surface area (Å²) in [6.45, 7) is 2.58. The van der Waals surface area contributed by atoms with Crippen LogP contribution in [0.4, 0.5) is 0 Å². The Morgan fingerprint density at radius 2 is 1.38 bits per heavy atom. The molecule has 0 bridgehead atoms. The number of rotatable bonds is 11.